The molecule has 0 saturated heterocycles. The Bertz CT molecular complexity index is 606. The molecule has 22 heavy (non-hydrogen) atoms. The first-order valence-electron chi connectivity index (χ1n) is 7.21. The summed E-state index contributed by atoms with van der Waals surface area (Å²) in [7, 11) is 0. The molecule has 1 heterocycles. The number of hydrogen-bond acceptors (Lipinski definition) is 5. The lowest BCUT2D eigenvalue weighted by atomic mass is 9.59. The van der Waals surface area contributed by atoms with Gasteiger partial charge in [-0.05, 0) is 31.6 Å². The highest BCUT2D eigenvalue weighted by Crippen LogP contribution is 2.52. The number of primary amides is 1. The van der Waals surface area contributed by atoms with E-state index in [2.05, 4.69) is 24.4 Å². The van der Waals surface area contributed by atoms with E-state index in [1.54, 1.807) is 0 Å². The molecule has 2 amide bonds. The van der Waals surface area contributed by atoms with Gasteiger partial charge in [-0.15, -0.1) is 0 Å². The van der Waals surface area contributed by atoms with Crippen LogP contribution in [0.2, 0.25) is 0 Å². The minimum Gasteiger partial charge on any atom is -0.369 e. The number of carbonyl (C=O) groups excluding carboxylic acids is 2. The number of rotatable bonds is 3. The van der Waals surface area contributed by atoms with E-state index < -0.39 is 17.2 Å². The van der Waals surface area contributed by atoms with Crippen LogP contribution in [0.25, 0.3) is 0 Å². The summed E-state index contributed by atoms with van der Waals surface area (Å²) in [5.74, 6) is -1.24. The van der Waals surface area contributed by atoms with Crippen LogP contribution in [0.5, 0.6) is 0 Å². The summed E-state index contributed by atoms with van der Waals surface area (Å²) < 4.78 is 0. The van der Waals surface area contributed by atoms with E-state index in [9.17, 15) is 20.1 Å². The van der Waals surface area contributed by atoms with Crippen molar-refractivity contribution < 1.29 is 9.59 Å². The summed E-state index contributed by atoms with van der Waals surface area (Å²) in [4.78, 5) is 23.3. The van der Waals surface area contributed by atoms with Crippen LogP contribution in [-0.2, 0) is 9.59 Å². The van der Waals surface area contributed by atoms with E-state index in [4.69, 9.17) is 5.73 Å². The number of carbonyl (C=O) groups is 2. The number of amides is 2. The molecule has 0 unspecified atom stereocenters. The fourth-order valence-electron chi connectivity index (χ4n) is 3.28. The molecule has 1 aliphatic carbocycles. The number of allylic oxidation sites excluding steroid dienone is 1. The predicted molar refractivity (Wildman–Crippen MR) is 81.6 cm³/mol. The second-order valence-corrected chi connectivity index (χ2v) is 6.95. The molecule has 0 bridgehead atoms. The fourth-order valence-corrected chi connectivity index (χ4v) is 4.13. The summed E-state index contributed by atoms with van der Waals surface area (Å²) in [5.41, 5.74) is 4.85. The van der Waals surface area contributed by atoms with Gasteiger partial charge in [-0.1, -0.05) is 18.7 Å². The van der Waals surface area contributed by atoms with Crippen LogP contribution in [0.1, 0.15) is 32.6 Å². The lowest BCUT2D eigenvalue weighted by molar-refractivity contribution is -0.127. The molecule has 1 atom stereocenters. The van der Waals surface area contributed by atoms with E-state index in [1.165, 1.54) is 0 Å². The monoisotopic (exact) mass is 318 g/mol. The summed E-state index contributed by atoms with van der Waals surface area (Å²) in [6.45, 7) is 2.13. The van der Waals surface area contributed by atoms with Gasteiger partial charge in [0, 0.05) is 5.41 Å². The summed E-state index contributed by atoms with van der Waals surface area (Å²) in [6.07, 6.45) is 3.04. The molecule has 0 aromatic rings. The Labute approximate surface area is 133 Å². The van der Waals surface area contributed by atoms with E-state index >= 15 is 0 Å². The molecule has 1 fully saturated rings. The van der Waals surface area contributed by atoms with Gasteiger partial charge < -0.3 is 11.1 Å². The zero-order valence-electron chi connectivity index (χ0n) is 12.4. The zero-order valence-corrected chi connectivity index (χ0v) is 13.2. The highest BCUT2D eigenvalue weighted by atomic mass is 32.2. The highest BCUT2D eigenvalue weighted by Gasteiger charge is 2.52. The van der Waals surface area contributed by atoms with Crippen LogP contribution < -0.4 is 11.1 Å². The van der Waals surface area contributed by atoms with Crippen molar-refractivity contribution in [1.82, 2.24) is 5.32 Å². The summed E-state index contributed by atoms with van der Waals surface area (Å²) >= 11 is 1.06. The van der Waals surface area contributed by atoms with Crippen LogP contribution >= 0.6 is 11.8 Å². The second-order valence-electron chi connectivity index (χ2n) is 5.96. The van der Waals surface area contributed by atoms with Gasteiger partial charge in [0.05, 0.1) is 28.5 Å². The van der Waals surface area contributed by atoms with E-state index in [0.717, 1.165) is 24.6 Å². The van der Waals surface area contributed by atoms with Gasteiger partial charge in [-0.2, -0.15) is 10.5 Å². The van der Waals surface area contributed by atoms with Gasteiger partial charge in [-0.25, -0.2) is 0 Å². The van der Waals surface area contributed by atoms with Gasteiger partial charge in [0.25, 0.3) is 0 Å². The molecule has 3 N–H and O–H groups in total. The smallest absolute Gasteiger partial charge is 0.243 e. The van der Waals surface area contributed by atoms with Gasteiger partial charge in [0.15, 0.2) is 0 Å². The lowest BCUT2D eigenvalue weighted by Gasteiger charge is -2.44. The third-order valence-electron chi connectivity index (χ3n) is 4.54. The lowest BCUT2D eigenvalue weighted by Crippen LogP contribution is -2.49. The molecule has 1 saturated carbocycles. The Hall–Kier alpha value is -1.99. The Kier molecular flexibility index (Phi) is 4.77. The van der Waals surface area contributed by atoms with Crippen molar-refractivity contribution in [1.29, 1.82) is 10.5 Å². The summed E-state index contributed by atoms with van der Waals surface area (Å²) in [6, 6.07) is 4.26. The number of nitriles is 2. The number of nitrogens with one attached hydrogen (secondary N) is 1. The van der Waals surface area contributed by atoms with Gasteiger partial charge in [0.1, 0.15) is 5.92 Å². The van der Waals surface area contributed by atoms with Crippen molar-refractivity contribution in [2.75, 3.05) is 5.75 Å². The first-order valence-corrected chi connectivity index (χ1v) is 8.19. The molecule has 2 aliphatic rings. The minimum atomic E-state index is -0.854. The SMILES string of the molecule is CC1CCC2(CC1)C(C#N)=C(SCC(N)=O)NC(=O)[C@@H]2C#N. The maximum atomic E-state index is 12.3. The van der Waals surface area contributed by atoms with Crippen LogP contribution in [0.3, 0.4) is 0 Å². The quantitative estimate of drug-likeness (QED) is 0.815. The zero-order chi connectivity index (χ0) is 16.3. The molecular weight excluding hydrogens is 300 g/mol. The van der Waals surface area contributed by atoms with Crippen molar-refractivity contribution in [3.63, 3.8) is 0 Å². The minimum absolute atomic E-state index is 0.00943. The number of hydrogen-bond donors (Lipinski definition) is 2. The molecule has 2 rings (SSSR count). The fraction of sp³-hybridized carbons (Fsp3) is 0.600. The molecule has 116 valence electrons. The van der Waals surface area contributed by atoms with E-state index in [0.29, 0.717) is 29.4 Å². The van der Waals surface area contributed by atoms with Crippen molar-refractivity contribution >= 4 is 23.6 Å². The van der Waals surface area contributed by atoms with Gasteiger partial charge >= 0.3 is 0 Å². The Morgan fingerprint density at radius 1 is 1.45 bits per heavy atom. The van der Waals surface area contributed by atoms with Gasteiger partial charge in [-0.3, -0.25) is 9.59 Å². The molecule has 6 nitrogen and oxygen atoms in total. The molecule has 7 heteroatoms. The van der Waals surface area contributed by atoms with Crippen LogP contribution in [0.15, 0.2) is 10.6 Å². The average molecular weight is 318 g/mol. The number of thioether (sulfide) groups is 1. The van der Waals surface area contributed by atoms with Gasteiger partial charge in [0.2, 0.25) is 11.8 Å². The third-order valence-corrected chi connectivity index (χ3v) is 5.57. The maximum absolute atomic E-state index is 12.3. The average Bonchev–Trinajstić information content (AvgIpc) is 2.48. The van der Waals surface area contributed by atoms with E-state index in [-0.39, 0.29) is 11.7 Å². The standard InChI is InChI=1S/C15H18N4O2S/c1-9-2-4-15(5-3-9)10(6-16)13(21)19-14(11(15)7-17)22-8-12(18)20/h9-10H,2-5,8H2,1H3,(H2,18,20)(H,19,21)/t9?,10-,15?/m0/s1. The molecular formula is C15H18N4O2S. The van der Waals surface area contributed by atoms with Crippen molar-refractivity contribution in [3.8, 4) is 12.1 Å². The maximum Gasteiger partial charge on any atom is 0.243 e. The van der Waals surface area contributed by atoms with Crippen LogP contribution in [0, 0.1) is 39.9 Å². The molecule has 0 aromatic carbocycles. The Morgan fingerprint density at radius 2 is 2.09 bits per heavy atom. The predicted octanol–water partition coefficient (Wildman–Crippen LogP) is 1.41. The number of nitrogens with zero attached hydrogens (tertiary/aromatic N) is 2. The second kappa shape index (κ2) is 6.41. The third kappa shape index (κ3) is 2.82. The largest absolute Gasteiger partial charge is 0.369 e. The van der Waals surface area contributed by atoms with Crippen LogP contribution in [0.4, 0.5) is 0 Å². The molecule has 1 spiro atoms. The highest BCUT2D eigenvalue weighted by molar-refractivity contribution is 8.03. The van der Waals surface area contributed by atoms with Crippen molar-refractivity contribution in [3.05, 3.63) is 10.6 Å². The normalized spacial score (nSPS) is 31.3. The Balaban J connectivity index is 2.46. The molecule has 0 aromatic heterocycles. The Morgan fingerprint density at radius 3 is 2.59 bits per heavy atom. The summed E-state index contributed by atoms with van der Waals surface area (Å²) in [5, 5.41) is 22.0. The molecule has 0 radical (unpaired) electrons. The number of nitrogens with two attached hydrogens (primary N) is 1. The van der Waals surface area contributed by atoms with E-state index in [1.807, 2.05) is 0 Å². The first kappa shape index (κ1) is 16.4. The molecule has 1 aliphatic heterocycles. The van der Waals surface area contributed by atoms with Crippen molar-refractivity contribution in [2.24, 2.45) is 23.0 Å². The first-order chi connectivity index (χ1) is 10.4. The van der Waals surface area contributed by atoms with Crippen LogP contribution in [-0.4, -0.2) is 17.6 Å². The topological polar surface area (TPSA) is 120 Å². The van der Waals surface area contributed by atoms with Crippen molar-refractivity contribution in [2.45, 2.75) is 32.6 Å².